The Morgan fingerprint density at radius 1 is 1.32 bits per heavy atom. The topological polar surface area (TPSA) is 35.8 Å². The van der Waals surface area contributed by atoms with Gasteiger partial charge in [-0.2, -0.15) is 0 Å². The smallest absolute Gasteiger partial charge is 0.192 e. The molecule has 22 heavy (non-hydrogen) atoms. The molecule has 2 aromatic rings. The number of imidazole rings is 1. The van der Waals surface area contributed by atoms with E-state index in [0.717, 1.165) is 10.3 Å². The fourth-order valence-corrected chi connectivity index (χ4v) is 3.59. The third-order valence-corrected chi connectivity index (χ3v) is 9.77. The Morgan fingerprint density at radius 3 is 2.50 bits per heavy atom. The third-order valence-electron chi connectivity index (χ3n) is 4.29. The van der Waals surface area contributed by atoms with Crippen molar-refractivity contribution in [3.05, 3.63) is 27.6 Å². The van der Waals surface area contributed by atoms with Crippen molar-refractivity contribution in [2.24, 2.45) is 0 Å². The molecule has 2 aromatic heterocycles. The van der Waals surface area contributed by atoms with Crippen LogP contribution < -0.4 is 4.74 Å². The molecule has 0 unspecified atom stereocenters. The van der Waals surface area contributed by atoms with Crippen molar-refractivity contribution in [1.29, 1.82) is 0 Å². The van der Waals surface area contributed by atoms with Gasteiger partial charge in [-0.15, -0.1) is 0 Å². The molecule has 7 heteroatoms. The summed E-state index contributed by atoms with van der Waals surface area (Å²) < 4.78 is 14.2. The van der Waals surface area contributed by atoms with Gasteiger partial charge in [0, 0.05) is 0 Å². The van der Waals surface area contributed by atoms with Gasteiger partial charge in [0.25, 0.3) is 0 Å². The Balaban J connectivity index is 2.38. The van der Waals surface area contributed by atoms with Gasteiger partial charge in [-0.1, -0.05) is 32.4 Å². The molecule has 122 valence electrons. The molecule has 2 heterocycles. The third kappa shape index (κ3) is 3.20. The van der Waals surface area contributed by atoms with Crippen LogP contribution in [0.1, 0.15) is 26.5 Å². The molecule has 0 saturated carbocycles. The Labute approximate surface area is 146 Å². The molecule has 0 atom stereocenters. The van der Waals surface area contributed by atoms with Gasteiger partial charge >= 0.3 is 0 Å². The van der Waals surface area contributed by atoms with Crippen molar-refractivity contribution in [3.8, 4) is 5.75 Å². The van der Waals surface area contributed by atoms with Crippen LogP contribution in [-0.4, -0.2) is 24.8 Å². The number of methoxy groups -OCH3 is 1. The molecule has 0 fully saturated rings. The number of hydrogen-bond acceptors (Lipinski definition) is 3. The lowest BCUT2D eigenvalue weighted by molar-refractivity contribution is 0.273. The summed E-state index contributed by atoms with van der Waals surface area (Å²) in [7, 11) is -0.223. The maximum absolute atomic E-state index is 6.48. The SMILES string of the molecule is COc1ccc(Br)n2c(Cl)c(CO[Si](C)(C)C(C)(C)C)nc12. The monoisotopic (exact) mass is 404 g/mol. The molecule has 4 nitrogen and oxygen atoms in total. The van der Waals surface area contributed by atoms with Gasteiger partial charge in [-0.3, -0.25) is 4.40 Å². The Hall–Kier alpha value is -0.563. The number of hydrogen-bond donors (Lipinski definition) is 0. The first-order chi connectivity index (χ1) is 10.1. The maximum atomic E-state index is 6.48. The molecule has 0 amide bonds. The number of halogens is 2. The van der Waals surface area contributed by atoms with Crippen LogP contribution in [0.5, 0.6) is 5.75 Å². The number of rotatable bonds is 4. The van der Waals surface area contributed by atoms with Gasteiger partial charge in [-0.25, -0.2) is 4.98 Å². The van der Waals surface area contributed by atoms with Gasteiger partial charge in [0.05, 0.1) is 18.3 Å². The van der Waals surface area contributed by atoms with Crippen molar-refractivity contribution in [2.75, 3.05) is 7.11 Å². The van der Waals surface area contributed by atoms with Crippen molar-refractivity contribution in [2.45, 2.75) is 45.5 Å². The molecular formula is C15H22BrClN2O2Si. The molecule has 0 spiro atoms. The minimum atomic E-state index is -1.85. The van der Waals surface area contributed by atoms with E-state index in [4.69, 9.17) is 20.8 Å². The van der Waals surface area contributed by atoms with Gasteiger partial charge in [0.15, 0.2) is 19.7 Å². The van der Waals surface area contributed by atoms with E-state index in [1.807, 2.05) is 16.5 Å². The van der Waals surface area contributed by atoms with Crippen LogP contribution in [0, 0.1) is 0 Å². The highest BCUT2D eigenvalue weighted by Gasteiger charge is 2.37. The average molecular weight is 406 g/mol. The minimum Gasteiger partial charge on any atom is -0.493 e. The molecule has 0 bridgehead atoms. The van der Waals surface area contributed by atoms with Crippen LogP contribution >= 0.6 is 27.5 Å². The van der Waals surface area contributed by atoms with E-state index in [1.54, 1.807) is 7.11 Å². The zero-order valence-electron chi connectivity index (χ0n) is 13.8. The van der Waals surface area contributed by atoms with Crippen LogP contribution in [0.2, 0.25) is 23.3 Å². The van der Waals surface area contributed by atoms with Gasteiger partial charge in [-0.05, 0) is 46.2 Å². The average Bonchev–Trinajstić information content (AvgIpc) is 2.74. The largest absolute Gasteiger partial charge is 0.493 e. The van der Waals surface area contributed by atoms with E-state index in [0.29, 0.717) is 23.2 Å². The second kappa shape index (κ2) is 6.15. The molecule has 0 saturated heterocycles. The van der Waals surface area contributed by atoms with Crippen LogP contribution in [0.4, 0.5) is 0 Å². The first kappa shape index (κ1) is 17.8. The van der Waals surface area contributed by atoms with Crippen molar-refractivity contribution in [1.82, 2.24) is 9.38 Å². The van der Waals surface area contributed by atoms with Crippen molar-refractivity contribution < 1.29 is 9.16 Å². The van der Waals surface area contributed by atoms with Gasteiger partial charge in [0.2, 0.25) is 0 Å². The highest BCUT2D eigenvalue weighted by atomic mass is 79.9. The highest BCUT2D eigenvalue weighted by Crippen LogP contribution is 2.38. The first-order valence-corrected chi connectivity index (χ1v) is 11.2. The van der Waals surface area contributed by atoms with E-state index in [1.165, 1.54) is 0 Å². The number of aromatic nitrogens is 2. The molecule has 0 aliphatic rings. The number of fused-ring (bicyclic) bond motifs is 1. The van der Waals surface area contributed by atoms with Crippen LogP contribution in [0.3, 0.4) is 0 Å². The van der Waals surface area contributed by atoms with Crippen LogP contribution in [0.15, 0.2) is 16.7 Å². The number of nitrogens with zero attached hydrogens (tertiary/aromatic N) is 2. The summed E-state index contributed by atoms with van der Waals surface area (Å²) in [6, 6.07) is 3.75. The lowest BCUT2D eigenvalue weighted by Crippen LogP contribution is -2.40. The maximum Gasteiger partial charge on any atom is 0.192 e. The predicted octanol–water partition coefficient (Wildman–Crippen LogP) is 5.28. The van der Waals surface area contributed by atoms with E-state index >= 15 is 0 Å². The second-order valence-corrected chi connectivity index (χ2v) is 12.8. The lowest BCUT2D eigenvalue weighted by atomic mass is 10.2. The van der Waals surface area contributed by atoms with E-state index in [-0.39, 0.29) is 5.04 Å². The second-order valence-electron chi connectivity index (χ2n) is 6.78. The Bertz CT molecular complexity index is 695. The van der Waals surface area contributed by atoms with Gasteiger partial charge in [0.1, 0.15) is 10.8 Å². The molecule has 0 aliphatic heterocycles. The molecule has 2 rings (SSSR count). The first-order valence-electron chi connectivity index (χ1n) is 7.12. The summed E-state index contributed by atoms with van der Waals surface area (Å²) in [6.45, 7) is 11.5. The fraction of sp³-hybridized carbons (Fsp3) is 0.533. The summed E-state index contributed by atoms with van der Waals surface area (Å²) in [6.07, 6.45) is 0. The minimum absolute atomic E-state index is 0.150. The highest BCUT2D eigenvalue weighted by molar-refractivity contribution is 9.10. The molecule has 0 radical (unpaired) electrons. The normalized spacial score (nSPS) is 12.9. The summed E-state index contributed by atoms with van der Waals surface area (Å²) in [5, 5.41) is 0.705. The van der Waals surface area contributed by atoms with E-state index in [9.17, 15) is 0 Å². The summed E-state index contributed by atoms with van der Waals surface area (Å²) in [5.41, 5.74) is 1.42. The summed E-state index contributed by atoms with van der Waals surface area (Å²) in [4.78, 5) is 4.60. The summed E-state index contributed by atoms with van der Waals surface area (Å²) >= 11 is 9.98. The van der Waals surface area contributed by atoms with E-state index < -0.39 is 8.32 Å². The molecule has 0 N–H and O–H groups in total. The summed E-state index contributed by atoms with van der Waals surface area (Å²) in [5.74, 6) is 0.684. The molecule has 0 aromatic carbocycles. The Kier molecular flexibility index (Phi) is 4.97. The number of ether oxygens (including phenoxy) is 1. The molecular weight excluding hydrogens is 384 g/mol. The fourth-order valence-electron chi connectivity index (χ4n) is 1.82. The van der Waals surface area contributed by atoms with E-state index in [2.05, 4.69) is 54.8 Å². The lowest BCUT2D eigenvalue weighted by Gasteiger charge is -2.35. The standard InChI is InChI=1S/C15H22BrClN2O2Si/c1-15(2,3)22(5,6)21-9-10-13(17)19-12(16)8-7-11(20-4)14(19)18-10/h7-8H,9H2,1-6H3. The van der Waals surface area contributed by atoms with Crippen LogP contribution in [0.25, 0.3) is 5.65 Å². The van der Waals surface area contributed by atoms with Crippen molar-refractivity contribution in [3.63, 3.8) is 0 Å². The molecule has 0 aliphatic carbocycles. The Morgan fingerprint density at radius 2 is 1.95 bits per heavy atom. The zero-order chi connectivity index (χ0) is 16.7. The van der Waals surface area contributed by atoms with Crippen molar-refractivity contribution >= 4 is 41.5 Å². The predicted molar refractivity (Wildman–Crippen MR) is 96.4 cm³/mol. The quantitative estimate of drug-likeness (QED) is 0.513. The van der Waals surface area contributed by atoms with Gasteiger partial charge < -0.3 is 9.16 Å². The van der Waals surface area contributed by atoms with Crippen LogP contribution in [-0.2, 0) is 11.0 Å². The number of pyridine rings is 1. The zero-order valence-corrected chi connectivity index (χ0v) is 17.2.